The number of anilines is 1. The first-order chi connectivity index (χ1) is 11.6. The van der Waals surface area contributed by atoms with Crippen LogP contribution in [0.1, 0.15) is 45.6 Å². The lowest BCUT2D eigenvalue weighted by atomic mass is 9.93. The molecule has 0 radical (unpaired) electrons. The van der Waals surface area contributed by atoms with Crippen molar-refractivity contribution in [3.8, 4) is 0 Å². The third kappa shape index (κ3) is 6.24. The minimum absolute atomic E-state index is 0.0179. The van der Waals surface area contributed by atoms with Gasteiger partial charge in [0.05, 0.1) is 0 Å². The van der Waals surface area contributed by atoms with E-state index in [1.54, 1.807) is 11.0 Å². The van der Waals surface area contributed by atoms with E-state index in [-0.39, 0.29) is 17.9 Å². The van der Waals surface area contributed by atoms with Crippen molar-refractivity contribution in [3.63, 3.8) is 0 Å². The van der Waals surface area contributed by atoms with Crippen LogP contribution in [0.15, 0.2) is 18.2 Å². The van der Waals surface area contributed by atoms with E-state index in [9.17, 15) is 9.59 Å². The molecule has 0 saturated carbocycles. The van der Waals surface area contributed by atoms with Crippen LogP contribution in [-0.2, 0) is 9.53 Å². The predicted octanol–water partition coefficient (Wildman–Crippen LogP) is 4.62. The number of carbonyl (C=O) groups is 2. The van der Waals surface area contributed by atoms with Crippen LogP contribution in [0.5, 0.6) is 0 Å². The van der Waals surface area contributed by atoms with Crippen molar-refractivity contribution in [1.82, 2.24) is 4.90 Å². The van der Waals surface area contributed by atoms with Gasteiger partial charge in [0.1, 0.15) is 5.60 Å². The average molecular weight is 367 g/mol. The van der Waals surface area contributed by atoms with Crippen molar-refractivity contribution in [2.45, 2.75) is 52.6 Å². The second kappa shape index (κ2) is 8.09. The summed E-state index contributed by atoms with van der Waals surface area (Å²) in [6.45, 7) is 8.76. The summed E-state index contributed by atoms with van der Waals surface area (Å²) in [5.41, 5.74) is 1.21. The van der Waals surface area contributed by atoms with Crippen LogP contribution in [0, 0.1) is 12.8 Å². The molecule has 1 aromatic rings. The van der Waals surface area contributed by atoms with Gasteiger partial charge in [-0.1, -0.05) is 17.7 Å². The van der Waals surface area contributed by atoms with Crippen LogP contribution in [0.3, 0.4) is 0 Å². The molecule has 1 saturated heterocycles. The van der Waals surface area contributed by atoms with E-state index < -0.39 is 5.60 Å². The van der Waals surface area contributed by atoms with Crippen molar-refractivity contribution in [2.75, 3.05) is 18.4 Å². The Morgan fingerprint density at radius 1 is 1.28 bits per heavy atom. The number of hydrogen-bond donors (Lipinski definition) is 1. The molecule has 2 rings (SSSR count). The largest absolute Gasteiger partial charge is 0.444 e. The SMILES string of the molecule is Cc1ccc(NC(=O)CC2CCN(C(=O)OC(C)(C)C)CC2)cc1Cl. The average Bonchev–Trinajstić information content (AvgIpc) is 2.50. The predicted molar refractivity (Wildman–Crippen MR) is 100.0 cm³/mol. The molecule has 1 aliphatic heterocycles. The highest BCUT2D eigenvalue weighted by atomic mass is 35.5. The summed E-state index contributed by atoms with van der Waals surface area (Å²) in [6, 6.07) is 5.50. The zero-order valence-electron chi connectivity index (χ0n) is 15.4. The number of rotatable bonds is 3. The van der Waals surface area contributed by atoms with Gasteiger partial charge in [-0.05, 0) is 64.2 Å². The summed E-state index contributed by atoms with van der Waals surface area (Å²) in [4.78, 5) is 26.0. The van der Waals surface area contributed by atoms with Crippen molar-refractivity contribution < 1.29 is 14.3 Å². The van der Waals surface area contributed by atoms with Gasteiger partial charge in [0, 0.05) is 30.2 Å². The lowest BCUT2D eigenvalue weighted by Crippen LogP contribution is -2.42. The third-order valence-electron chi connectivity index (χ3n) is 4.20. The fourth-order valence-electron chi connectivity index (χ4n) is 2.79. The summed E-state index contributed by atoms with van der Waals surface area (Å²) in [6.07, 6.45) is 1.79. The van der Waals surface area contributed by atoms with Gasteiger partial charge in [-0.2, -0.15) is 0 Å². The Labute approximate surface area is 154 Å². The number of likely N-dealkylation sites (tertiary alicyclic amines) is 1. The molecular weight excluding hydrogens is 340 g/mol. The first kappa shape index (κ1) is 19.6. The van der Waals surface area contributed by atoms with Crippen LogP contribution in [0.4, 0.5) is 10.5 Å². The highest BCUT2D eigenvalue weighted by Crippen LogP contribution is 2.24. The second-order valence-electron chi connectivity index (χ2n) is 7.63. The van der Waals surface area contributed by atoms with E-state index in [2.05, 4.69) is 5.32 Å². The van der Waals surface area contributed by atoms with Crippen molar-refractivity contribution in [2.24, 2.45) is 5.92 Å². The van der Waals surface area contributed by atoms with Gasteiger partial charge in [-0.3, -0.25) is 4.79 Å². The Balaban J connectivity index is 1.78. The topological polar surface area (TPSA) is 58.6 Å². The molecule has 138 valence electrons. The minimum Gasteiger partial charge on any atom is -0.444 e. The maximum atomic E-state index is 12.2. The first-order valence-electron chi connectivity index (χ1n) is 8.68. The number of halogens is 1. The van der Waals surface area contributed by atoms with E-state index >= 15 is 0 Å². The molecule has 0 bridgehead atoms. The molecule has 1 aliphatic rings. The molecule has 0 unspecified atom stereocenters. The Morgan fingerprint density at radius 3 is 2.48 bits per heavy atom. The van der Waals surface area contributed by atoms with Gasteiger partial charge in [0.2, 0.25) is 5.91 Å². The Hall–Kier alpha value is -1.75. The maximum Gasteiger partial charge on any atom is 0.410 e. The Morgan fingerprint density at radius 2 is 1.92 bits per heavy atom. The molecule has 2 amide bonds. The minimum atomic E-state index is -0.483. The molecule has 1 fully saturated rings. The van der Waals surface area contributed by atoms with Gasteiger partial charge >= 0.3 is 6.09 Å². The zero-order chi connectivity index (χ0) is 18.6. The standard InChI is InChI=1S/C19H27ClN2O3/c1-13-5-6-15(12-16(13)20)21-17(23)11-14-7-9-22(10-8-14)18(24)25-19(2,3)4/h5-6,12,14H,7-11H2,1-4H3,(H,21,23). The molecule has 25 heavy (non-hydrogen) atoms. The molecule has 0 atom stereocenters. The number of nitrogens with one attached hydrogen (secondary N) is 1. The summed E-state index contributed by atoms with van der Waals surface area (Å²) < 4.78 is 5.39. The molecular formula is C19H27ClN2O3. The Kier molecular flexibility index (Phi) is 6.33. The van der Waals surface area contributed by atoms with Gasteiger partial charge in [-0.25, -0.2) is 4.79 Å². The van der Waals surface area contributed by atoms with Crippen molar-refractivity contribution >= 4 is 29.3 Å². The molecule has 1 aromatic carbocycles. The molecule has 0 aromatic heterocycles. The highest BCUT2D eigenvalue weighted by Gasteiger charge is 2.27. The number of aryl methyl sites for hydroxylation is 1. The lowest BCUT2D eigenvalue weighted by Gasteiger charge is -2.33. The highest BCUT2D eigenvalue weighted by molar-refractivity contribution is 6.31. The second-order valence-corrected chi connectivity index (χ2v) is 8.03. The monoisotopic (exact) mass is 366 g/mol. The van der Waals surface area contributed by atoms with E-state index in [0.29, 0.717) is 30.2 Å². The normalized spacial score (nSPS) is 15.8. The number of carbonyl (C=O) groups excluding carboxylic acids is 2. The third-order valence-corrected chi connectivity index (χ3v) is 4.60. The fraction of sp³-hybridized carbons (Fsp3) is 0.579. The van der Waals surface area contributed by atoms with Crippen molar-refractivity contribution in [1.29, 1.82) is 0 Å². The van der Waals surface area contributed by atoms with Crippen LogP contribution in [0.25, 0.3) is 0 Å². The van der Waals surface area contributed by atoms with Gasteiger partial charge in [0.15, 0.2) is 0 Å². The number of nitrogens with zero attached hydrogens (tertiary/aromatic N) is 1. The van der Waals surface area contributed by atoms with E-state index in [1.165, 1.54) is 0 Å². The van der Waals surface area contributed by atoms with E-state index in [4.69, 9.17) is 16.3 Å². The summed E-state index contributed by atoms with van der Waals surface area (Å²) in [7, 11) is 0. The molecule has 5 nitrogen and oxygen atoms in total. The smallest absolute Gasteiger partial charge is 0.410 e. The van der Waals surface area contributed by atoms with Crippen molar-refractivity contribution in [3.05, 3.63) is 28.8 Å². The summed E-state index contributed by atoms with van der Waals surface area (Å²) >= 11 is 6.08. The van der Waals surface area contributed by atoms with Crippen LogP contribution < -0.4 is 5.32 Å². The lowest BCUT2D eigenvalue weighted by molar-refractivity contribution is -0.117. The maximum absolute atomic E-state index is 12.2. The van der Waals surface area contributed by atoms with Gasteiger partial charge in [-0.15, -0.1) is 0 Å². The van der Waals surface area contributed by atoms with Gasteiger partial charge in [0.25, 0.3) is 0 Å². The number of benzene rings is 1. The number of piperidine rings is 1. The molecule has 0 spiro atoms. The van der Waals surface area contributed by atoms with Gasteiger partial charge < -0.3 is 15.0 Å². The molecule has 6 heteroatoms. The van der Waals surface area contributed by atoms with Crippen LogP contribution in [-0.4, -0.2) is 35.6 Å². The quantitative estimate of drug-likeness (QED) is 0.848. The number of ether oxygens (including phenoxy) is 1. The van der Waals surface area contributed by atoms with Crippen LogP contribution >= 0.6 is 11.6 Å². The molecule has 0 aliphatic carbocycles. The summed E-state index contributed by atoms with van der Waals surface area (Å²) in [5.74, 6) is 0.259. The molecule has 1 heterocycles. The number of hydrogen-bond acceptors (Lipinski definition) is 3. The fourth-order valence-corrected chi connectivity index (χ4v) is 2.97. The summed E-state index contributed by atoms with van der Waals surface area (Å²) in [5, 5.41) is 3.54. The number of amides is 2. The first-order valence-corrected chi connectivity index (χ1v) is 9.06. The van der Waals surface area contributed by atoms with Crippen LogP contribution in [0.2, 0.25) is 5.02 Å². The van der Waals surface area contributed by atoms with E-state index in [0.717, 1.165) is 18.4 Å². The van der Waals surface area contributed by atoms with E-state index in [1.807, 2.05) is 39.8 Å². The molecule has 1 N–H and O–H groups in total. The zero-order valence-corrected chi connectivity index (χ0v) is 16.2. The Bertz CT molecular complexity index is 632.